The molecule has 0 amide bonds. The molecule has 0 aliphatic carbocycles. The maximum atomic E-state index is 12.1. The van der Waals surface area contributed by atoms with Gasteiger partial charge in [0.05, 0.1) is 25.3 Å². The molecule has 0 rings (SSSR count). The van der Waals surface area contributed by atoms with Gasteiger partial charge in [-0.1, -0.05) is 0 Å². The molecule has 98 valence electrons. The quantitative estimate of drug-likeness (QED) is 0.510. The summed E-state index contributed by atoms with van der Waals surface area (Å²) >= 11 is 0. The normalized spacial score (nSPS) is 13.0. The van der Waals surface area contributed by atoms with Gasteiger partial charge in [0, 0.05) is 6.42 Å². The maximum absolute atomic E-state index is 12.1. The fraction of sp³-hybridized carbons (Fsp3) is 0.727. The molecule has 0 aromatic heterocycles. The molecule has 5 nitrogen and oxygen atoms in total. The van der Waals surface area contributed by atoms with Gasteiger partial charge in [0.2, 0.25) is 0 Å². The molecular formula is C11H19O5P. The van der Waals surface area contributed by atoms with Crippen molar-refractivity contribution in [3.05, 3.63) is 0 Å². The summed E-state index contributed by atoms with van der Waals surface area (Å²) in [6, 6.07) is 0. The van der Waals surface area contributed by atoms with E-state index in [1.165, 1.54) is 0 Å². The van der Waals surface area contributed by atoms with Crippen LogP contribution in [0.1, 0.15) is 26.7 Å². The predicted molar refractivity (Wildman–Crippen MR) is 64.9 cm³/mol. The summed E-state index contributed by atoms with van der Waals surface area (Å²) in [6.07, 6.45) is 5.47. The Balaban J connectivity index is 4.42. The Kier molecular flexibility index (Phi) is 7.90. The minimum Gasteiger partial charge on any atom is -0.481 e. The van der Waals surface area contributed by atoms with Crippen LogP contribution in [0.15, 0.2) is 0 Å². The Labute approximate surface area is 102 Å². The van der Waals surface area contributed by atoms with Crippen LogP contribution >= 0.6 is 7.60 Å². The molecule has 0 aromatic carbocycles. The van der Waals surface area contributed by atoms with Crippen molar-refractivity contribution in [3.63, 3.8) is 0 Å². The van der Waals surface area contributed by atoms with Crippen LogP contribution in [0.2, 0.25) is 0 Å². The van der Waals surface area contributed by atoms with E-state index in [9.17, 15) is 9.36 Å². The lowest BCUT2D eigenvalue weighted by molar-refractivity contribution is -0.141. The van der Waals surface area contributed by atoms with Crippen molar-refractivity contribution in [3.8, 4) is 12.3 Å². The first kappa shape index (κ1) is 16.2. The molecule has 0 aliphatic rings. The molecule has 0 heterocycles. The van der Waals surface area contributed by atoms with Gasteiger partial charge in [0.15, 0.2) is 0 Å². The van der Waals surface area contributed by atoms with Crippen LogP contribution in [0.5, 0.6) is 0 Å². The van der Waals surface area contributed by atoms with Gasteiger partial charge in [-0.2, -0.15) is 0 Å². The van der Waals surface area contributed by atoms with Crippen LogP contribution in [0.4, 0.5) is 0 Å². The van der Waals surface area contributed by atoms with E-state index in [1.54, 1.807) is 13.8 Å². The molecule has 0 aliphatic heterocycles. The van der Waals surface area contributed by atoms with Gasteiger partial charge < -0.3 is 14.2 Å². The second-order valence-electron chi connectivity index (χ2n) is 3.40. The summed E-state index contributed by atoms with van der Waals surface area (Å²) in [4.78, 5) is 10.9. The SMILES string of the molecule is C#CCC(CCP(=O)(OCC)OCC)C(=O)O. The van der Waals surface area contributed by atoms with Gasteiger partial charge >= 0.3 is 13.6 Å². The molecule has 0 radical (unpaired) electrons. The zero-order chi connectivity index (χ0) is 13.3. The topological polar surface area (TPSA) is 72.8 Å². The summed E-state index contributed by atoms with van der Waals surface area (Å²) in [5.74, 6) is 0.614. The number of hydrogen-bond acceptors (Lipinski definition) is 4. The number of terminal acetylenes is 1. The lowest BCUT2D eigenvalue weighted by Crippen LogP contribution is -2.15. The van der Waals surface area contributed by atoms with Crippen molar-refractivity contribution in [2.24, 2.45) is 5.92 Å². The van der Waals surface area contributed by atoms with E-state index in [0.29, 0.717) is 0 Å². The predicted octanol–water partition coefficient (Wildman–Crippen LogP) is 2.37. The van der Waals surface area contributed by atoms with Crippen molar-refractivity contribution in [1.29, 1.82) is 0 Å². The zero-order valence-electron chi connectivity index (χ0n) is 10.2. The summed E-state index contributed by atoms with van der Waals surface area (Å²) in [6.45, 7) is 3.96. The summed E-state index contributed by atoms with van der Waals surface area (Å²) in [5.41, 5.74) is 0. The third-order valence-electron chi connectivity index (χ3n) is 2.12. The van der Waals surface area contributed by atoms with Gasteiger partial charge in [-0.05, 0) is 20.3 Å². The van der Waals surface area contributed by atoms with Crippen molar-refractivity contribution in [1.82, 2.24) is 0 Å². The zero-order valence-corrected chi connectivity index (χ0v) is 11.1. The number of hydrogen-bond donors (Lipinski definition) is 1. The van der Waals surface area contributed by atoms with Gasteiger partial charge in [-0.15, -0.1) is 12.3 Å². The second kappa shape index (κ2) is 8.30. The van der Waals surface area contributed by atoms with Crippen LogP contribution < -0.4 is 0 Å². The number of rotatable bonds is 9. The van der Waals surface area contributed by atoms with Crippen LogP contribution in [0, 0.1) is 18.3 Å². The van der Waals surface area contributed by atoms with E-state index >= 15 is 0 Å². The van der Waals surface area contributed by atoms with E-state index in [2.05, 4.69) is 5.92 Å². The highest BCUT2D eigenvalue weighted by Gasteiger charge is 2.27. The molecule has 1 N–H and O–H groups in total. The van der Waals surface area contributed by atoms with E-state index in [4.69, 9.17) is 20.6 Å². The Morgan fingerprint density at radius 2 is 1.94 bits per heavy atom. The average molecular weight is 262 g/mol. The van der Waals surface area contributed by atoms with Crippen molar-refractivity contribution in [2.75, 3.05) is 19.4 Å². The standard InChI is InChI=1S/C11H19O5P/c1-4-7-10(11(12)13)8-9-17(14,15-5-2)16-6-3/h1,10H,5-9H2,2-3H3,(H,12,13). The molecule has 17 heavy (non-hydrogen) atoms. The second-order valence-corrected chi connectivity index (χ2v) is 5.59. The van der Waals surface area contributed by atoms with Gasteiger partial charge in [-0.3, -0.25) is 9.36 Å². The Hall–Kier alpha value is -0.820. The first-order valence-corrected chi connectivity index (χ1v) is 7.26. The fourth-order valence-electron chi connectivity index (χ4n) is 1.33. The van der Waals surface area contributed by atoms with Gasteiger partial charge in [-0.25, -0.2) is 0 Å². The average Bonchev–Trinajstić information content (AvgIpc) is 2.24. The molecule has 1 atom stereocenters. The summed E-state index contributed by atoms with van der Waals surface area (Å²) in [7, 11) is -3.17. The molecule has 0 aromatic rings. The lowest BCUT2D eigenvalue weighted by atomic mass is 10.0. The summed E-state index contributed by atoms with van der Waals surface area (Å²) < 4.78 is 22.2. The van der Waals surface area contributed by atoms with E-state index in [-0.39, 0.29) is 32.2 Å². The number of aliphatic carboxylic acids is 1. The summed E-state index contributed by atoms with van der Waals surface area (Å²) in [5, 5.41) is 8.89. The first-order valence-electron chi connectivity index (χ1n) is 5.53. The monoisotopic (exact) mass is 262 g/mol. The number of carbonyl (C=O) groups is 1. The third kappa shape index (κ3) is 6.48. The Morgan fingerprint density at radius 3 is 2.29 bits per heavy atom. The minimum absolute atomic E-state index is 0.0767. The minimum atomic E-state index is -3.17. The van der Waals surface area contributed by atoms with Crippen LogP contribution in [0.25, 0.3) is 0 Å². The largest absolute Gasteiger partial charge is 0.481 e. The molecule has 6 heteroatoms. The highest BCUT2D eigenvalue weighted by atomic mass is 31.2. The Bertz CT molecular complexity index is 310. The van der Waals surface area contributed by atoms with Crippen molar-refractivity contribution in [2.45, 2.75) is 26.7 Å². The van der Waals surface area contributed by atoms with Gasteiger partial charge in [0.1, 0.15) is 0 Å². The molecule has 0 bridgehead atoms. The molecular weight excluding hydrogens is 243 g/mol. The van der Waals surface area contributed by atoms with Crippen molar-refractivity contribution >= 4 is 13.6 Å². The van der Waals surface area contributed by atoms with Crippen LogP contribution in [-0.4, -0.2) is 30.5 Å². The molecule has 1 unspecified atom stereocenters. The highest BCUT2D eigenvalue weighted by molar-refractivity contribution is 7.53. The van der Waals surface area contributed by atoms with E-state index in [0.717, 1.165) is 0 Å². The lowest BCUT2D eigenvalue weighted by Gasteiger charge is -2.18. The highest BCUT2D eigenvalue weighted by Crippen LogP contribution is 2.49. The van der Waals surface area contributed by atoms with E-state index in [1.807, 2.05) is 0 Å². The van der Waals surface area contributed by atoms with Gasteiger partial charge in [0.25, 0.3) is 0 Å². The number of carboxylic acid groups (broad SMARTS) is 1. The molecule has 0 spiro atoms. The molecule has 0 fully saturated rings. The fourth-order valence-corrected chi connectivity index (χ4v) is 3.08. The van der Waals surface area contributed by atoms with E-state index < -0.39 is 19.5 Å². The van der Waals surface area contributed by atoms with Crippen LogP contribution in [-0.2, 0) is 18.4 Å². The molecule has 0 saturated carbocycles. The van der Waals surface area contributed by atoms with Crippen molar-refractivity contribution < 1.29 is 23.5 Å². The Morgan fingerprint density at radius 1 is 1.41 bits per heavy atom. The number of carboxylic acids is 1. The smallest absolute Gasteiger partial charge is 0.330 e. The van der Waals surface area contributed by atoms with Crippen LogP contribution in [0.3, 0.4) is 0 Å². The maximum Gasteiger partial charge on any atom is 0.330 e. The third-order valence-corrected chi connectivity index (χ3v) is 4.23. The molecule has 0 saturated heterocycles. The first-order chi connectivity index (χ1) is 7.99.